The number of hydrogen-bond donors (Lipinski definition) is 2. The molecule has 0 aliphatic heterocycles. The fourth-order valence-corrected chi connectivity index (χ4v) is 2.34. The Hall–Kier alpha value is -1.33. The molecule has 0 aliphatic rings. The third-order valence-corrected chi connectivity index (χ3v) is 3.66. The Morgan fingerprint density at radius 1 is 0.950 bits per heavy atom. The van der Waals surface area contributed by atoms with Crippen LogP contribution in [0.5, 0.6) is 0 Å². The lowest BCUT2D eigenvalue weighted by Gasteiger charge is -2.08. The molecule has 20 heavy (non-hydrogen) atoms. The van der Waals surface area contributed by atoms with Crippen LogP contribution >= 0.6 is 31.9 Å². The fraction of sp³-hybridized carbons (Fsp3) is 0.133. The van der Waals surface area contributed by atoms with Crippen molar-refractivity contribution >= 4 is 49.1 Å². The van der Waals surface area contributed by atoms with Crippen LogP contribution in [0.4, 0.5) is 11.4 Å². The van der Waals surface area contributed by atoms with Crippen LogP contribution in [0, 0.1) is 0 Å². The predicted octanol–water partition coefficient (Wildman–Crippen LogP) is 4.65. The van der Waals surface area contributed by atoms with E-state index in [4.69, 9.17) is 0 Å². The second kappa shape index (κ2) is 7.45. The Kier molecular flexibility index (Phi) is 5.61. The van der Waals surface area contributed by atoms with Gasteiger partial charge in [0.2, 0.25) is 5.91 Å². The maximum absolute atomic E-state index is 11.8. The van der Waals surface area contributed by atoms with Crippen molar-refractivity contribution in [1.82, 2.24) is 0 Å². The highest BCUT2D eigenvalue weighted by atomic mass is 79.9. The summed E-state index contributed by atoms with van der Waals surface area (Å²) in [5, 5.41) is 6.07. The Morgan fingerprint density at radius 2 is 1.70 bits per heavy atom. The number of halogens is 2. The highest BCUT2D eigenvalue weighted by Gasteiger charge is 2.02. The molecule has 2 aromatic carbocycles. The normalized spacial score (nSPS) is 10.1. The molecule has 0 atom stereocenters. The standard InChI is InChI=1S/C15H14Br2N2O/c16-11-4-6-13(7-5-11)18-9-8-15(20)19-14-3-1-2-12(17)10-14/h1-7,10,18H,8-9H2,(H,19,20). The smallest absolute Gasteiger partial charge is 0.226 e. The monoisotopic (exact) mass is 396 g/mol. The lowest BCUT2D eigenvalue weighted by Crippen LogP contribution is -2.16. The van der Waals surface area contributed by atoms with Crippen molar-refractivity contribution in [3.05, 3.63) is 57.5 Å². The maximum atomic E-state index is 11.8. The van der Waals surface area contributed by atoms with Gasteiger partial charge in [0, 0.05) is 33.3 Å². The Morgan fingerprint density at radius 3 is 2.40 bits per heavy atom. The fourth-order valence-electron chi connectivity index (χ4n) is 1.68. The van der Waals surface area contributed by atoms with Gasteiger partial charge < -0.3 is 10.6 Å². The van der Waals surface area contributed by atoms with E-state index >= 15 is 0 Å². The van der Waals surface area contributed by atoms with E-state index in [1.165, 1.54) is 0 Å². The highest BCUT2D eigenvalue weighted by Crippen LogP contribution is 2.16. The minimum atomic E-state index is -0.00675. The highest BCUT2D eigenvalue weighted by molar-refractivity contribution is 9.10. The van der Waals surface area contributed by atoms with Crippen molar-refractivity contribution in [1.29, 1.82) is 0 Å². The first-order valence-electron chi connectivity index (χ1n) is 6.18. The molecule has 2 N–H and O–H groups in total. The number of carbonyl (C=O) groups is 1. The second-order valence-electron chi connectivity index (χ2n) is 4.24. The van der Waals surface area contributed by atoms with Gasteiger partial charge in [-0.25, -0.2) is 0 Å². The molecule has 3 nitrogen and oxygen atoms in total. The molecule has 0 radical (unpaired) electrons. The van der Waals surface area contributed by atoms with Gasteiger partial charge in [0.1, 0.15) is 0 Å². The van der Waals surface area contributed by atoms with Crippen LogP contribution in [-0.4, -0.2) is 12.5 Å². The molecule has 5 heteroatoms. The van der Waals surface area contributed by atoms with E-state index in [1.807, 2.05) is 48.5 Å². The van der Waals surface area contributed by atoms with E-state index < -0.39 is 0 Å². The summed E-state index contributed by atoms with van der Waals surface area (Å²) in [5.74, 6) is -0.00675. The van der Waals surface area contributed by atoms with Gasteiger partial charge in [-0.3, -0.25) is 4.79 Å². The Labute approximate surface area is 135 Å². The number of hydrogen-bond acceptors (Lipinski definition) is 2. The third-order valence-electron chi connectivity index (χ3n) is 2.63. The number of rotatable bonds is 5. The molecule has 0 heterocycles. The summed E-state index contributed by atoms with van der Waals surface area (Å²) in [7, 11) is 0. The SMILES string of the molecule is O=C(CCNc1ccc(Br)cc1)Nc1cccc(Br)c1. The van der Waals surface area contributed by atoms with Crippen LogP contribution in [0.3, 0.4) is 0 Å². The molecule has 0 aliphatic carbocycles. The minimum Gasteiger partial charge on any atom is -0.385 e. The molecule has 0 saturated carbocycles. The van der Waals surface area contributed by atoms with Crippen molar-refractivity contribution in [3.8, 4) is 0 Å². The van der Waals surface area contributed by atoms with Crippen molar-refractivity contribution in [2.45, 2.75) is 6.42 Å². The van der Waals surface area contributed by atoms with Gasteiger partial charge in [-0.2, -0.15) is 0 Å². The molecule has 1 amide bonds. The Bertz CT molecular complexity index is 585. The van der Waals surface area contributed by atoms with E-state index in [9.17, 15) is 4.79 Å². The van der Waals surface area contributed by atoms with E-state index in [2.05, 4.69) is 42.5 Å². The topological polar surface area (TPSA) is 41.1 Å². The van der Waals surface area contributed by atoms with Gasteiger partial charge in [-0.1, -0.05) is 37.9 Å². The first kappa shape index (κ1) is 15.1. The molecule has 2 rings (SSSR count). The van der Waals surface area contributed by atoms with E-state index in [0.29, 0.717) is 13.0 Å². The third kappa shape index (κ3) is 4.98. The average Bonchev–Trinajstić information content (AvgIpc) is 2.41. The Balaban J connectivity index is 1.76. The molecule has 0 bridgehead atoms. The molecule has 0 fully saturated rings. The van der Waals surface area contributed by atoms with Gasteiger partial charge in [-0.15, -0.1) is 0 Å². The summed E-state index contributed by atoms with van der Waals surface area (Å²) in [5.41, 5.74) is 1.80. The first-order valence-corrected chi connectivity index (χ1v) is 7.77. The van der Waals surface area contributed by atoms with Crippen LogP contribution in [-0.2, 0) is 4.79 Å². The van der Waals surface area contributed by atoms with Crippen molar-refractivity contribution < 1.29 is 4.79 Å². The molecule has 0 aromatic heterocycles. The summed E-state index contributed by atoms with van der Waals surface area (Å²) in [6, 6.07) is 15.4. The second-order valence-corrected chi connectivity index (χ2v) is 6.07. The summed E-state index contributed by atoms with van der Waals surface area (Å²) in [6.45, 7) is 0.599. The zero-order valence-electron chi connectivity index (χ0n) is 10.7. The number of anilines is 2. The quantitative estimate of drug-likeness (QED) is 0.770. The molecular weight excluding hydrogens is 384 g/mol. The minimum absolute atomic E-state index is 0.00675. The molecule has 2 aromatic rings. The van der Waals surface area contributed by atoms with Gasteiger partial charge in [0.15, 0.2) is 0 Å². The summed E-state index contributed by atoms with van der Waals surface area (Å²) in [4.78, 5) is 11.8. The van der Waals surface area contributed by atoms with Crippen molar-refractivity contribution in [2.24, 2.45) is 0 Å². The van der Waals surface area contributed by atoms with Gasteiger partial charge >= 0.3 is 0 Å². The maximum Gasteiger partial charge on any atom is 0.226 e. The summed E-state index contributed by atoms with van der Waals surface area (Å²) >= 11 is 6.76. The van der Waals surface area contributed by atoms with E-state index in [0.717, 1.165) is 20.3 Å². The average molecular weight is 398 g/mol. The molecule has 104 valence electrons. The lowest BCUT2D eigenvalue weighted by molar-refractivity contribution is -0.115. The number of amides is 1. The van der Waals surface area contributed by atoms with Crippen molar-refractivity contribution in [2.75, 3.05) is 17.2 Å². The van der Waals surface area contributed by atoms with Gasteiger partial charge in [-0.05, 0) is 42.5 Å². The first-order chi connectivity index (χ1) is 9.63. The van der Waals surface area contributed by atoms with Crippen LogP contribution in [0.1, 0.15) is 6.42 Å². The molecule has 0 saturated heterocycles. The summed E-state index contributed by atoms with van der Waals surface area (Å²) in [6.07, 6.45) is 0.419. The molecule has 0 unspecified atom stereocenters. The van der Waals surface area contributed by atoms with Crippen LogP contribution in [0.25, 0.3) is 0 Å². The van der Waals surface area contributed by atoms with Crippen molar-refractivity contribution in [3.63, 3.8) is 0 Å². The number of benzene rings is 2. The molecular formula is C15H14Br2N2O. The largest absolute Gasteiger partial charge is 0.385 e. The van der Waals surface area contributed by atoms with Crippen LogP contribution < -0.4 is 10.6 Å². The van der Waals surface area contributed by atoms with Crippen LogP contribution in [0.2, 0.25) is 0 Å². The lowest BCUT2D eigenvalue weighted by atomic mass is 10.3. The van der Waals surface area contributed by atoms with E-state index in [1.54, 1.807) is 0 Å². The zero-order chi connectivity index (χ0) is 14.4. The van der Waals surface area contributed by atoms with Gasteiger partial charge in [0.05, 0.1) is 0 Å². The van der Waals surface area contributed by atoms with Crippen LogP contribution in [0.15, 0.2) is 57.5 Å². The predicted molar refractivity (Wildman–Crippen MR) is 90.0 cm³/mol. The van der Waals surface area contributed by atoms with E-state index in [-0.39, 0.29) is 5.91 Å². The van der Waals surface area contributed by atoms with Gasteiger partial charge in [0.25, 0.3) is 0 Å². The number of nitrogens with one attached hydrogen (secondary N) is 2. The zero-order valence-corrected chi connectivity index (χ0v) is 13.9. The molecule has 0 spiro atoms. The number of carbonyl (C=O) groups excluding carboxylic acids is 1. The summed E-state index contributed by atoms with van der Waals surface area (Å²) < 4.78 is 1.98.